The van der Waals surface area contributed by atoms with Crippen molar-refractivity contribution < 1.29 is 14.6 Å². The number of benzene rings is 1. The molecule has 2 aliphatic rings. The number of aliphatic hydroxyl groups excluding tert-OH is 1. The Kier molecular flexibility index (Phi) is 7.51. The Morgan fingerprint density at radius 1 is 1.14 bits per heavy atom. The summed E-state index contributed by atoms with van der Waals surface area (Å²) in [6.45, 7) is 10.4. The van der Waals surface area contributed by atoms with Gasteiger partial charge in [-0.25, -0.2) is 0 Å². The number of nitrogens with zero attached hydrogens (tertiary/aromatic N) is 2. The van der Waals surface area contributed by atoms with Gasteiger partial charge in [-0.2, -0.15) is 0 Å². The van der Waals surface area contributed by atoms with Gasteiger partial charge in [-0.15, -0.1) is 0 Å². The average molecular weight is 391 g/mol. The van der Waals surface area contributed by atoms with E-state index in [0.717, 1.165) is 19.6 Å². The van der Waals surface area contributed by atoms with Crippen LogP contribution in [0.15, 0.2) is 24.3 Å². The predicted octanol–water partition coefficient (Wildman–Crippen LogP) is 2.91. The molecular weight excluding hydrogens is 352 g/mol. The van der Waals surface area contributed by atoms with Crippen molar-refractivity contribution in [1.82, 2.24) is 9.80 Å². The van der Waals surface area contributed by atoms with Crippen LogP contribution in [0, 0.1) is 5.92 Å². The first-order valence-corrected chi connectivity index (χ1v) is 10.8. The van der Waals surface area contributed by atoms with Crippen LogP contribution < -0.4 is 0 Å². The van der Waals surface area contributed by atoms with E-state index in [1.54, 1.807) is 7.11 Å². The van der Waals surface area contributed by atoms with Gasteiger partial charge < -0.3 is 14.6 Å². The minimum atomic E-state index is -0.877. The maximum atomic E-state index is 10.6. The Morgan fingerprint density at radius 3 is 2.29 bits per heavy atom. The second-order valence-corrected chi connectivity index (χ2v) is 9.35. The fourth-order valence-corrected chi connectivity index (χ4v) is 4.52. The molecule has 1 aromatic rings. The highest BCUT2D eigenvalue weighted by molar-refractivity contribution is 5.33. The Hall–Kier alpha value is -0.980. The van der Waals surface area contributed by atoms with Crippen LogP contribution in [0.4, 0.5) is 0 Å². The molecule has 1 N–H and O–H groups in total. The summed E-state index contributed by atoms with van der Waals surface area (Å²) >= 11 is 0. The fraction of sp³-hybridized carbons (Fsp3) is 0.739. The molecule has 0 amide bonds. The lowest BCUT2D eigenvalue weighted by atomic mass is 9.94. The molecule has 5 heteroatoms. The topological polar surface area (TPSA) is 45.2 Å². The summed E-state index contributed by atoms with van der Waals surface area (Å²) in [6, 6.07) is 9.55. The summed E-state index contributed by atoms with van der Waals surface area (Å²) in [4.78, 5) is 4.71. The van der Waals surface area contributed by atoms with Crippen molar-refractivity contribution in [2.45, 2.75) is 64.5 Å². The molecule has 1 aromatic carbocycles. The molecule has 0 aromatic heterocycles. The van der Waals surface area contributed by atoms with Crippen molar-refractivity contribution in [3.05, 3.63) is 35.4 Å². The molecule has 158 valence electrons. The number of methoxy groups -OCH3 is 1. The van der Waals surface area contributed by atoms with Crippen molar-refractivity contribution in [2.75, 3.05) is 39.9 Å². The first-order chi connectivity index (χ1) is 13.4. The zero-order valence-corrected chi connectivity index (χ0v) is 18.1. The molecule has 1 saturated heterocycles. The summed E-state index contributed by atoms with van der Waals surface area (Å²) in [5.74, 6) is 0.593. The Bertz CT molecular complexity index is 583. The summed E-state index contributed by atoms with van der Waals surface area (Å²) in [5.41, 5.74) is 2.69. The molecular formula is C23H38N2O3. The molecule has 1 heterocycles. The number of aliphatic hydroxyl groups is 1. The number of likely N-dealkylation sites (tertiary alicyclic amines) is 1. The molecule has 1 aliphatic heterocycles. The third-order valence-corrected chi connectivity index (χ3v) is 6.04. The van der Waals surface area contributed by atoms with E-state index in [2.05, 4.69) is 29.2 Å². The number of ether oxygens (including phenoxy) is 2. The highest BCUT2D eigenvalue weighted by Gasteiger charge is 2.31. The average Bonchev–Trinajstić information content (AvgIpc) is 3.08. The lowest BCUT2D eigenvalue weighted by Crippen LogP contribution is -2.48. The molecule has 1 atom stereocenters. The van der Waals surface area contributed by atoms with Gasteiger partial charge in [-0.05, 0) is 76.6 Å². The van der Waals surface area contributed by atoms with Gasteiger partial charge in [0.2, 0.25) is 6.41 Å². The van der Waals surface area contributed by atoms with Crippen LogP contribution in [0.2, 0.25) is 0 Å². The largest absolute Gasteiger partial charge is 0.383 e. The van der Waals surface area contributed by atoms with E-state index in [1.807, 2.05) is 25.7 Å². The second kappa shape index (κ2) is 9.68. The molecule has 5 nitrogen and oxygen atoms in total. The van der Waals surface area contributed by atoms with Crippen LogP contribution in [0.5, 0.6) is 0 Å². The first-order valence-electron chi connectivity index (χ1n) is 10.8. The molecule has 3 rings (SSSR count). The zero-order valence-electron chi connectivity index (χ0n) is 18.1. The van der Waals surface area contributed by atoms with E-state index >= 15 is 0 Å². The van der Waals surface area contributed by atoms with Crippen LogP contribution in [0.3, 0.4) is 0 Å². The van der Waals surface area contributed by atoms with Crippen molar-refractivity contribution in [1.29, 1.82) is 0 Å². The Morgan fingerprint density at radius 2 is 1.75 bits per heavy atom. The maximum Gasteiger partial charge on any atom is 0.216 e. The van der Waals surface area contributed by atoms with Crippen molar-refractivity contribution in [3.8, 4) is 0 Å². The monoisotopic (exact) mass is 390 g/mol. The van der Waals surface area contributed by atoms with Crippen LogP contribution in [0.25, 0.3) is 0 Å². The molecule has 0 spiro atoms. The fourth-order valence-electron chi connectivity index (χ4n) is 4.52. The van der Waals surface area contributed by atoms with Gasteiger partial charge in [-0.3, -0.25) is 9.80 Å². The third-order valence-electron chi connectivity index (χ3n) is 6.04. The van der Waals surface area contributed by atoms with Gasteiger partial charge in [0.25, 0.3) is 0 Å². The zero-order chi connectivity index (χ0) is 20.1. The summed E-state index contributed by atoms with van der Waals surface area (Å²) in [6.07, 6.45) is 3.87. The molecule has 1 aliphatic carbocycles. The maximum absolute atomic E-state index is 10.6. The second-order valence-electron chi connectivity index (χ2n) is 9.35. The lowest BCUT2D eigenvalue weighted by Gasteiger charge is -2.39. The number of piperidine rings is 1. The van der Waals surface area contributed by atoms with E-state index < -0.39 is 6.41 Å². The van der Waals surface area contributed by atoms with Gasteiger partial charge in [0.15, 0.2) is 0 Å². The van der Waals surface area contributed by atoms with Gasteiger partial charge in [-0.1, -0.05) is 24.3 Å². The van der Waals surface area contributed by atoms with E-state index in [-0.39, 0.29) is 5.60 Å². The normalized spacial score (nSPS) is 20.6. The number of hydrogen-bond acceptors (Lipinski definition) is 5. The van der Waals surface area contributed by atoms with Gasteiger partial charge in [0.1, 0.15) is 0 Å². The molecule has 0 radical (unpaired) electrons. The Labute approximate surface area is 170 Å². The van der Waals surface area contributed by atoms with Crippen molar-refractivity contribution in [3.63, 3.8) is 0 Å². The molecule has 0 saturated carbocycles. The van der Waals surface area contributed by atoms with E-state index in [9.17, 15) is 5.11 Å². The summed E-state index contributed by atoms with van der Waals surface area (Å²) in [7, 11) is 1.70. The minimum absolute atomic E-state index is 0.369. The van der Waals surface area contributed by atoms with Gasteiger partial charge >= 0.3 is 0 Å². The Balaban J connectivity index is 1.49. The smallest absolute Gasteiger partial charge is 0.216 e. The van der Waals surface area contributed by atoms with Crippen molar-refractivity contribution >= 4 is 0 Å². The van der Waals surface area contributed by atoms with Crippen LogP contribution in [-0.2, 0) is 22.3 Å². The number of hydrogen-bond donors (Lipinski definition) is 1. The molecule has 1 fully saturated rings. The van der Waals surface area contributed by atoms with E-state index in [0.29, 0.717) is 25.1 Å². The van der Waals surface area contributed by atoms with Crippen LogP contribution >= 0.6 is 0 Å². The highest BCUT2D eigenvalue weighted by atomic mass is 16.6. The first kappa shape index (κ1) is 21.7. The molecule has 28 heavy (non-hydrogen) atoms. The van der Waals surface area contributed by atoms with Crippen LogP contribution in [-0.4, -0.2) is 72.9 Å². The lowest BCUT2D eigenvalue weighted by molar-refractivity contribution is -0.243. The van der Waals surface area contributed by atoms with Gasteiger partial charge in [0, 0.05) is 26.2 Å². The standard InChI is InChI=1S/C23H38N2O3/c1-23(2,3)28-22(26)25(13-14-27-4)17-18-9-11-24(12-10-18)21-15-19-7-5-6-8-20(19)16-21/h5-8,18,21-22,26H,9-17H2,1-4H3. The quantitative estimate of drug-likeness (QED) is 0.692. The SMILES string of the molecule is COCCN(CC1CCN(C2Cc3ccccc3C2)CC1)C(O)OC(C)(C)C. The summed E-state index contributed by atoms with van der Waals surface area (Å²) in [5, 5.41) is 10.6. The number of fused-ring (bicyclic) bond motifs is 1. The van der Waals surface area contributed by atoms with Gasteiger partial charge in [0.05, 0.1) is 12.2 Å². The molecule has 0 bridgehead atoms. The minimum Gasteiger partial charge on any atom is -0.383 e. The third kappa shape index (κ3) is 6.01. The predicted molar refractivity (Wildman–Crippen MR) is 112 cm³/mol. The number of rotatable bonds is 8. The van der Waals surface area contributed by atoms with Crippen molar-refractivity contribution in [2.24, 2.45) is 5.92 Å². The van der Waals surface area contributed by atoms with Crippen LogP contribution in [0.1, 0.15) is 44.7 Å². The summed E-state index contributed by atoms with van der Waals surface area (Å²) < 4.78 is 11.0. The highest BCUT2D eigenvalue weighted by Crippen LogP contribution is 2.29. The van der Waals surface area contributed by atoms with E-state index in [1.165, 1.54) is 36.8 Å². The van der Waals surface area contributed by atoms with E-state index in [4.69, 9.17) is 9.47 Å². The molecule has 1 unspecified atom stereocenters.